The predicted molar refractivity (Wildman–Crippen MR) is 77.4 cm³/mol. The number of carboxylic acids is 1. The number of sulfonamides is 1. The molecule has 0 aliphatic heterocycles. The third kappa shape index (κ3) is 3.38. The lowest BCUT2D eigenvalue weighted by atomic mass is 10.2. The van der Waals surface area contributed by atoms with Crippen molar-refractivity contribution in [3.63, 3.8) is 0 Å². The standard InChI is InChI=1S/C12H12N2O5S2/c13-11(15)5-8(12(16)17)14-21(18,19)10-6-20-9-4-2-1-3-7(9)10/h1-4,6,8,14H,5H2,(H2,13,15)(H,16,17)/t8-/m0/s1. The Hall–Kier alpha value is -1.97. The maximum atomic E-state index is 12.3. The summed E-state index contributed by atoms with van der Waals surface area (Å²) in [6.45, 7) is 0. The molecule has 0 aliphatic rings. The first-order valence-corrected chi connectivity index (χ1v) is 8.17. The molecule has 0 saturated carbocycles. The van der Waals surface area contributed by atoms with Crippen molar-refractivity contribution in [2.45, 2.75) is 17.4 Å². The van der Waals surface area contributed by atoms with E-state index in [9.17, 15) is 18.0 Å². The Morgan fingerprint density at radius 3 is 2.62 bits per heavy atom. The number of fused-ring (bicyclic) bond motifs is 1. The Balaban J connectivity index is 2.37. The Morgan fingerprint density at radius 1 is 1.33 bits per heavy atom. The van der Waals surface area contributed by atoms with Gasteiger partial charge in [-0.15, -0.1) is 11.3 Å². The lowest BCUT2D eigenvalue weighted by molar-refractivity contribution is -0.140. The van der Waals surface area contributed by atoms with Crippen LogP contribution in [0.3, 0.4) is 0 Å². The van der Waals surface area contributed by atoms with Gasteiger partial charge in [-0.25, -0.2) is 8.42 Å². The molecule has 112 valence electrons. The van der Waals surface area contributed by atoms with Crippen molar-refractivity contribution in [1.29, 1.82) is 0 Å². The molecule has 1 atom stereocenters. The van der Waals surface area contributed by atoms with E-state index in [4.69, 9.17) is 10.8 Å². The highest BCUT2D eigenvalue weighted by Crippen LogP contribution is 2.29. The minimum Gasteiger partial charge on any atom is -0.480 e. The third-order valence-corrected chi connectivity index (χ3v) is 5.36. The maximum Gasteiger partial charge on any atom is 0.322 e. The second kappa shape index (κ2) is 5.80. The summed E-state index contributed by atoms with van der Waals surface area (Å²) in [5.74, 6) is -2.36. The number of carbonyl (C=O) groups is 2. The summed E-state index contributed by atoms with van der Waals surface area (Å²) in [6.07, 6.45) is -0.614. The molecular weight excluding hydrogens is 316 g/mol. The minimum atomic E-state index is -4.06. The average Bonchev–Trinajstić information content (AvgIpc) is 2.81. The lowest BCUT2D eigenvalue weighted by Crippen LogP contribution is -2.43. The van der Waals surface area contributed by atoms with Gasteiger partial charge in [-0.05, 0) is 6.07 Å². The van der Waals surface area contributed by atoms with Crippen LogP contribution in [0.25, 0.3) is 10.1 Å². The van der Waals surface area contributed by atoms with Gasteiger partial charge in [-0.2, -0.15) is 4.72 Å². The van der Waals surface area contributed by atoms with Gasteiger partial charge < -0.3 is 10.8 Å². The number of rotatable bonds is 6. The molecule has 0 unspecified atom stereocenters. The van der Waals surface area contributed by atoms with Gasteiger partial charge in [0.2, 0.25) is 15.9 Å². The van der Waals surface area contributed by atoms with Crippen LogP contribution in [-0.4, -0.2) is 31.4 Å². The van der Waals surface area contributed by atoms with E-state index in [0.29, 0.717) is 5.39 Å². The van der Waals surface area contributed by atoms with Crippen LogP contribution in [0.4, 0.5) is 0 Å². The predicted octanol–water partition coefficient (Wildman–Crippen LogP) is 0.508. The molecule has 0 aliphatic carbocycles. The highest BCUT2D eigenvalue weighted by molar-refractivity contribution is 7.90. The molecular formula is C12H12N2O5S2. The van der Waals surface area contributed by atoms with Gasteiger partial charge in [-0.1, -0.05) is 18.2 Å². The van der Waals surface area contributed by atoms with Gasteiger partial charge in [0.15, 0.2) is 0 Å². The topological polar surface area (TPSA) is 127 Å². The average molecular weight is 328 g/mol. The number of hydrogen-bond acceptors (Lipinski definition) is 5. The molecule has 1 aromatic carbocycles. The van der Waals surface area contributed by atoms with E-state index in [1.54, 1.807) is 24.3 Å². The number of carbonyl (C=O) groups excluding carboxylic acids is 1. The first kappa shape index (κ1) is 15.4. The van der Waals surface area contributed by atoms with Gasteiger partial charge in [0.1, 0.15) is 10.9 Å². The summed E-state index contributed by atoms with van der Waals surface area (Å²) < 4.78 is 27.3. The fourth-order valence-electron chi connectivity index (χ4n) is 1.79. The number of primary amides is 1. The molecule has 1 amide bonds. The molecule has 0 bridgehead atoms. The molecule has 2 rings (SSSR count). The summed E-state index contributed by atoms with van der Waals surface area (Å²) in [4.78, 5) is 21.8. The number of aliphatic carboxylic acids is 1. The number of amides is 1. The fourth-order valence-corrected chi connectivity index (χ4v) is 4.48. The van der Waals surface area contributed by atoms with Crippen LogP contribution in [0.1, 0.15) is 6.42 Å². The Bertz CT molecular complexity index is 797. The molecule has 2 aromatic rings. The Labute approximate surface area is 124 Å². The first-order chi connectivity index (χ1) is 9.81. The van der Waals surface area contributed by atoms with Crippen LogP contribution in [0.5, 0.6) is 0 Å². The van der Waals surface area contributed by atoms with E-state index in [1.165, 1.54) is 16.7 Å². The lowest BCUT2D eigenvalue weighted by Gasteiger charge is -2.12. The Morgan fingerprint density at radius 2 is 2.00 bits per heavy atom. The number of nitrogens with one attached hydrogen (secondary N) is 1. The van der Waals surface area contributed by atoms with Crippen molar-refractivity contribution < 1.29 is 23.1 Å². The van der Waals surface area contributed by atoms with Crippen molar-refractivity contribution in [1.82, 2.24) is 4.72 Å². The molecule has 7 nitrogen and oxygen atoms in total. The van der Waals surface area contributed by atoms with Crippen LogP contribution < -0.4 is 10.5 Å². The number of carboxylic acid groups (broad SMARTS) is 1. The van der Waals surface area contributed by atoms with Crippen LogP contribution in [-0.2, 0) is 19.6 Å². The van der Waals surface area contributed by atoms with Gasteiger partial charge in [-0.3, -0.25) is 9.59 Å². The molecule has 0 spiro atoms. The van der Waals surface area contributed by atoms with Crippen LogP contribution >= 0.6 is 11.3 Å². The fraction of sp³-hybridized carbons (Fsp3) is 0.167. The molecule has 0 saturated heterocycles. The number of benzene rings is 1. The molecule has 0 radical (unpaired) electrons. The van der Waals surface area contributed by atoms with Crippen molar-refractivity contribution in [2.75, 3.05) is 0 Å². The highest BCUT2D eigenvalue weighted by atomic mass is 32.2. The van der Waals surface area contributed by atoms with Crippen molar-refractivity contribution in [2.24, 2.45) is 5.73 Å². The van der Waals surface area contributed by atoms with Crippen molar-refractivity contribution in [3.05, 3.63) is 29.6 Å². The highest BCUT2D eigenvalue weighted by Gasteiger charge is 2.28. The summed E-state index contributed by atoms with van der Waals surface area (Å²) in [6, 6.07) is 5.26. The molecule has 9 heteroatoms. The second-order valence-corrected chi connectivity index (χ2v) is 6.87. The number of thiophene rings is 1. The van der Waals surface area contributed by atoms with E-state index in [2.05, 4.69) is 0 Å². The van der Waals surface area contributed by atoms with E-state index >= 15 is 0 Å². The number of hydrogen-bond donors (Lipinski definition) is 3. The zero-order chi connectivity index (χ0) is 15.6. The van der Waals surface area contributed by atoms with Crippen molar-refractivity contribution in [3.8, 4) is 0 Å². The quantitative estimate of drug-likeness (QED) is 0.712. The largest absolute Gasteiger partial charge is 0.480 e. The molecule has 0 fully saturated rings. The van der Waals surface area contributed by atoms with E-state index in [-0.39, 0.29) is 4.90 Å². The summed E-state index contributed by atoms with van der Waals surface area (Å²) >= 11 is 1.23. The molecule has 1 heterocycles. The van der Waals surface area contributed by atoms with E-state index in [0.717, 1.165) is 4.70 Å². The minimum absolute atomic E-state index is 0.0150. The van der Waals surface area contributed by atoms with Crippen LogP contribution in [0, 0.1) is 0 Å². The summed E-state index contributed by atoms with van der Waals surface area (Å²) in [7, 11) is -4.06. The normalized spacial score (nSPS) is 13.1. The van der Waals surface area contributed by atoms with Gasteiger partial charge in [0, 0.05) is 15.5 Å². The zero-order valence-corrected chi connectivity index (χ0v) is 12.3. The van der Waals surface area contributed by atoms with Gasteiger partial charge in [0.25, 0.3) is 0 Å². The van der Waals surface area contributed by atoms with Crippen LogP contribution in [0.15, 0.2) is 34.5 Å². The second-order valence-electron chi connectivity index (χ2n) is 4.28. The van der Waals surface area contributed by atoms with Crippen LogP contribution in [0.2, 0.25) is 0 Å². The zero-order valence-electron chi connectivity index (χ0n) is 10.6. The molecule has 4 N–H and O–H groups in total. The van der Waals surface area contributed by atoms with Crippen molar-refractivity contribution >= 4 is 43.3 Å². The van der Waals surface area contributed by atoms with E-state index in [1.807, 2.05) is 4.72 Å². The maximum absolute atomic E-state index is 12.3. The van der Waals surface area contributed by atoms with Gasteiger partial charge in [0.05, 0.1) is 6.42 Å². The number of nitrogens with two attached hydrogens (primary N) is 1. The SMILES string of the molecule is NC(=O)C[C@H](NS(=O)(=O)c1csc2ccccc12)C(=O)O. The summed E-state index contributed by atoms with van der Waals surface area (Å²) in [5, 5.41) is 10.9. The molecule has 1 aromatic heterocycles. The van der Waals surface area contributed by atoms with E-state index < -0.39 is 34.4 Å². The third-order valence-electron chi connectivity index (χ3n) is 2.74. The molecule has 21 heavy (non-hydrogen) atoms. The Kier molecular flexibility index (Phi) is 4.26. The smallest absolute Gasteiger partial charge is 0.322 e. The monoisotopic (exact) mass is 328 g/mol. The van der Waals surface area contributed by atoms with Gasteiger partial charge >= 0.3 is 5.97 Å². The first-order valence-electron chi connectivity index (χ1n) is 5.81. The summed E-state index contributed by atoms with van der Waals surface area (Å²) in [5.41, 5.74) is 4.92.